The van der Waals surface area contributed by atoms with Gasteiger partial charge in [-0.2, -0.15) is 0 Å². The molecule has 0 saturated carbocycles. The molecule has 1 aliphatic rings. The summed E-state index contributed by atoms with van der Waals surface area (Å²) < 4.78 is 40.0. The van der Waals surface area contributed by atoms with E-state index in [9.17, 15) is 13.6 Å². The first-order valence-corrected chi connectivity index (χ1v) is 15.0. The number of ether oxygens (including phenoxy) is 2. The Morgan fingerprint density at radius 1 is 0.929 bits per heavy atom. The molecule has 1 N–H and O–H groups in total. The number of amides is 2. The number of nitrogens with one attached hydrogen (secondary N) is 1. The van der Waals surface area contributed by atoms with Crippen LogP contribution in [0.1, 0.15) is 78.5 Å². The Morgan fingerprint density at radius 3 is 1.98 bits per heavy atom. The third kappa shape index (κ3) is 7.91. The van der Waals surface area contributed by atoms with E-state index in [1.54, 1.807) is 13.2 Å². The summed E-state index contributed by atoms with van der Waals surface area (Å²) in [5, 5.41) is 0.801. The molecule has 4 rings (SSSR count). The highest BCUT2D eigenvalue weighted by Gasteiger charge is 2.36. The van der Waals surface area contributed by atoms with E-state index in [4.69, 9.17) is 9.47 Å². The number of carbonyl (C=O) groups excluding carboxylic acids is 1. The third-order valence-corrected chi connectivity index (χ3v) is 6.81. The average Bonchev–Trinajstić information content (AvgIpc) is 3.39. The van der Waals surface area contributed by atoms with E-state index in [2.05, 4.69) is 56.4 Å². The average molecular weight is 590 g/mol. The number of aromatic nitrogens is 2. The Bertz CT molecular complexity index is 1260. The van der Waals surface area contributed by atoms with E-state index >= 15 is 0 Å². The van der Waals surface area contributed by atoms with E-state index in [0.717, 1.165) is 34.9 Å². The predicted octanol–water partition coefficient (Wildman–Crippen LogP) is 7.93. The number of carbonyl (C=O) groups is 1. The van der Waals surface area contributed by atoms with Crippen molar-refractivity contribution in [3.63, 3.8) is 0 Å². The summed E-state index contributed by atoms with van der Waals surface area (Å²) in [7, 11) is 4.10. The maximum atomic E-state index is 15.0. The molecule has 0 saturated heterocycles. The van der Waals surface area contributed by atoms with Crippen molar-refractivity contribution in [3.05, 3.63) is 41.2 Å². The minimum Gasteiger partial charge on any atom is -0.493 e. The number of aromatic amines is 1. The number of methoxy groups -OCH3 is 2. The maximum absolute atomic E-state index is 15.0. The zero-order valence-electron chi connectivity index (χ0n) is 26.9. The number of hydrogen-bond donors (Lipinski definition) is 1. The smallest absolute Gasteiger partial charge is 0.329 e. The molecule has 0 radical (unpaired) electrons. The van der Waals surface area contributed by atoms with Crippen molar-refractivity contribution in [1.82, 2.24) is 14.9 Å². The summed E-state index contributed by atoms with van der Waals surface area (Å²) in [5.74, 6) is -2.37. The normalized spacial score (nSPS) is 12.5. The highest BCUT2D eigenvalue weighted by atomic mass is 19.1. The molecule has 2 aromatic heterocycles. The molecule has 0 bridgehead atoms. The SMILES string of the molecule is CCC.CCCN(CC)CCC.CCCc1cc2c3c(cnc2[nH]1)CN(c1c(F)c(OC)cc(OC)c1F)C(=O)N3C. The second-order valence-electron chi connectivity index (χ2n) is 10.3. The van der Waals surface area contributed by atoms with Crippen molar-refractivity contribution in [2.45, 2.75) is 80.2 Å². The van der Waals surface area contributed by atoms with Crippen molar-refractivity contribution < 1.29 is 23.0 Å². The van der Waals surface area contributed by atoms with Gasteiger partial charge in [0, 0.05) is 36.0 Å². The van der Waals surface area contributed by atoms with Crippen LogP contribution in [0.2, 0.25) is 0 Å². The van der Waals surface area contributed by atoms with E-state index < -0.39 is 23.4 Å². The van der Waals surface area contributed by atoms with Crippen LogP contribution in [-0.2, 0) is 13.0 Å². The molecule has 1 aliphatic heterocycles. The quantitative estimate of drug-likeness (QED) is 0.260. The highest BCUT2D eigenvalue weighted by molar-refractivity contribution is 6.11. The molecule has 8 nitrogen and oxygen atoms in total. The van der Waals surface area contributed by atoms with Gasteiger partial charge in [-0.25, -0.2) is 18.6 Å². The maximum Gasteiger partial charge on any atom is 0.329 e. The molecule has 2 amide bonds. The number of urea groups is 1. The summed E-state index contributed by atoms with van der Waals surface area (Å²) in [4.78, 5) is 25.8. The molecule has 10 heteroatoms. The number of H-pyrrole nitrogens is 1. The minimum atomic E-state index is -0.970. The molecule has 0 fully saturated rings. The minimum absolute atomic E-state index is 0.0418. The molecule has 1 aromatic carbocycles. The van der Waals surface area contributed by atoms with E-state index in [1.165, 1.54) is 58.0 Å². The first kappa shape index (κ1) is 34.8. The van der Waals surface area contributed by atoms with Crippen LogP contribution in [0.3, 0.4) is 0 Å². The number of hydrogen-bond acceptors (Lipinski definition) is 5. The molecule has 42 heavy (non-hydrogen) atoms. The third-order valence-electron chi connectivity index (χ3n) is 6.81. The lowest BCUT2D eigenvalue weighted by Crippen LogP contribution is -2.46. The first-order chi connectivity index (χ1) is 20.2. The van der Waals surface area contributed by atoms with Gasteiger partial charge >= 0.3 is 6.03 Å². The van der Waals surface area contributed by atoms with Gasteiger partial charge in [0.2, 0.25) is 0 Å². The molecule has 0 atom stereocenters. The van der Waals surface area contributed by atoms with Gasteiger partial charge in [-0.1, -0.05) is 54.4 Å². The van der Waals surface area contributed by atoms with E-state index in [1.807, 2.05) is 6.07 Å². The molecule has 0 unspecified atom stereocenters. The summed E-state index contributed by atoms with van der Waals surface area (Å²) >= 11 is 0. The van der Waals surface area contributed by atoms with Crippen LogP contribution in [-0.4, -0.2) is 61.8 Å². The van der Waals surface area contributed by atoms with E-state index in [0.29, 0.717) is 16.9 Å². The van der Waals surface area contributed by atoms with Crippen molar-refractivity contribution in [1.29, 1.82) is 0 Å². The summed E-state index contributed by atoms with van der Waals surface area (Å²) in [6.07, 6.45) is 7.26. The lowest BCUT2D eigenvalue weighted by molar-refractivity contribution is 0.250. The topological polar surface area (TPSA) is 73.9 Å². The van der Waals surface area contributed by atoms with E-state index in [-0.39, 0.29) is 18.0 Å². The molecule has 3 heterocycles. The van der Waals surface area contributed by atoms with Crippen molar-refractivity contribution in [2.24, 2.45) is 0 Å². The van der Waals surface area contributed by atoms with Crippen LogP contribution in [0.4, 0.5) is 25.0 Å². The van der Waals surface area contributed by atoms with Crippen LogP contribution in [0.15, 0.2) is 18.3 Å². The Kier molecular flexibility index (Phi) is 14.0. The van der Waals surface area contributed by atoms with Gasteiger partial charge in [-0.05, 0) is 45.0 Å². The molecular weight excluding hydrogens is 540 g/mol. The van der Waals surface area contributed by atoms with Gasteiger partial charge < -0.3 is 19.4 Å². The number of rotatable bonds is 10. The lowest BCUT2D eigenvalue weighted by Gasteiger charge is -2.35. The Labute approximate surface area is 250 Å². The number of nitrogens with zero attached hydrogens (tertiary/aromatic N) is 4. The lowest BCUT2D eigenvalue weighted by atomic mass is 10.1. The fraction of sp³-hybridized carbons (Fsp3) is 0.562. The Hall–Kier alpha value is -3.40. The largest absolute Gasteiger partial charge is 0.493 e. The number of pyridine rings is 1. The number of halogens is 2. The van der Waals surface area contributed by atoms with Gasteiger partial charge in [-0.3, -0.25) is 9.80 Å². The van der Waals surface area contributed by atoms with Crippen molar-refractivity contribution in [2.75, 3.05) is 50.7 Å². The van der Waals surface area contributed by atoms with Crippen LogP contribution < -0.4 is 19.3 Å². The zero-order valence-corrected chi connectivity index (χ0v) is 26.9. The molecular formula is C32H49F2N5O3. The Morgan fingerprint density at radius 2 is 1.50 bits per heavy atom. The number of fused-ring (bicyclic) bond motifs is 3. The summed E-state index contributed by atoms with van der Waals surface area (Å²) in [6, 6.07) is 2.52. The van der Waals surface area contributed by atoms with Crippen molar-refractivity contribution in [3.8, 4) is 11.5 Å². The van der Waals surface area contributed by atoms with Crippen molar-refractivity contribution >= 4 is 28.4 Å². The predicted molar refractivity (Wildman–Crippen MR) is 168 cm³/mol. The van der Waals surface area contributed by atoms with Crippen LogP contribution in [0.25, 0.3) is 11.0 Å². The standard InChI is InChI=1S/C21H22F2N4O3.C8H19N.C3H8/c1-5-6-12-7-13-18-11(9-24-20(13)25-12)10-27(21(28)26(18)2)19-16(22)14(29-3)8-15(30-4)17(19)23;1-4-7-9(6-3)8-5-2;1-3-2/h7-9H,5-6,10H2,1-4H3,(H,24,25);4-8H2,1-3H3;3H2,1-2H3. The van der Waals surface area contributed by atoms with Gasteiger partial charge in [0.1, 0.15) is 11.3 Å². The monoisotopic (exact) mass is 589 g/mol. The zero-order chi connectivity index (χ0) is 31.4. The Balaban J connectivity index is 0.000000436. The number of aryl methyl sites for hydroxylation is 1. The molecule has 0 aliphatic carbocycles. The highest BCUT2D eigenvalue weighted by Crippen LogP contribution is 2.42. The second-order valence-corrected chi connectivity index (χ2v) is 10.3. The second kappa shape index (κ2) is 16.9. The first-order valence-electron chi connectivity index (χ1n) is 15.0. The van der Waals surface area contributed by atoms with Gasteiger partial charge in [0.25, 0.3) is 0 Å². The summed E-state index contributed by atoms with van der Waals surface area (Å²) in [5.41, 5.74) is 2.52. The van der Waals surface area contributed by atoms with Crippen LogP contribution in [0.5, 0.6) is 11.5 Å². The fourth-order valence-corrected chi connectivity index (χ4v) is 4.93. The van der Waals surface area contributed by atoms with Gasteiger partial charge in [-0.15, -0.1) is 0 Å². The summed E-state index contributed by atoms with van der Waals surface area (Å²) in [6.45, 7) is 16.7. The van der Waals surface area contributed by atoms with Gasteiger partial charge in [0.05, 0.1) is 26.5 Å². The fourth-order valence-electron chi connectivity index (χ4n) is 4.93. The van der Waals surface area contributed by atoms with Gasteiger partial charge in [0.15, 0.2) is 23.1 Å². The molecule has 0 spiro atoms. The number of anilines is 2. The number of benzene rings is 1. The molecule has 234 valence electrons. The molecule has 3 aromatic rings. The van der Waals surface area contributed by atoms with Crippen LogP contribution in [0, 0.1) is 11.6 Å². The van der Waals surface area contributed by atoms with Crippen LogP contribution >= 0.6 is 0 Å².